The predicted molar refractivity (Wildman–Crippen MR) is 140 cm³/mol. The van der Waals surface area contributed by atoms with Gasteiger partial charge < -0.3 is 32.3 Å². The van der Waals surface area contributed by atoms with E-state index < -0.39 is 59.7 Å². The van der Waals surface area contributed by atoms with E-state index in [9.17, 15) is 33.9 Å². The highest BCUT2D eigenvalue weighted by Gasteiger charge is 2.64. The minimum absolute atomic E-state index is 0.118. The van der Waals surface area contributed by atoms with Gasteiger partial charge in [-0.3, -0.25) is 29.5 Å². The van der Waals surface area contributed by atoms with E-state index in [0.717, 1.165) is 6.92 Å². The van der Waals surface area contributed by atoms with Gasteiger partial charge in [-0.15, -0.1) is 0 Å². The standard InChI is InChI=1S/C25H27N7O8/c1-13(33)25(22(38)39,31(16-5-3-2-4-6-16)20(36)17(26)12-19(34)35)32-21(37)18(30-24(32)40)11-14-7-9-15(10-8-14)29-23(27)28/h2-10,17-18H,11-12,26H2,1H3,(H,30,40)(H,34,35)(H,38,39)(H4,27,28,29)/t17-,18-,25+/m0/s1. The monoisotopic (exact) mass is 553 g/mol. The number of nitrogens with two attached hydrogens (primary N) is 2. The number of rotatable bonds is 11. The van der Waals surface area contributed by atoms with Crippen LogP contribution >= 0.6 is 0 Å². The van der Waals surface area contributed by atoms with Crippen molar-refractivity contribution >= 4 is 52.9 Å². The van der Waals surface area contributed by atoms with E-state index in [4.69, 9.17) is 22.0 Å². The lowest BCUT2D eigenvalue weighted by atomic mass is 9.96. The number of hydrogen-bond donors (Lipinski definition) is 7. The number of carbonyl (C=O) groups is 6. The van der Waals surface area contributed by atoms with Crippen molar-refractivity contribution < 1.29 is 39.0 Å². The number of para-hydroxylation sites is 1. The lowest BCUT2D eigenvalue weighted by molar-refractivity contribution is -0.161. The molecule has 15 nitrogen and oxygen atoms in total. The van der Waals surface area contributed by atoms with Gasteiger partial charge in [0.15, 0.2) is 11.7 Å². The first-order valence-electron chi connectivity index (χ1n) is 11.8. The lowest BCUT2D eigenvalue weighted by Crippen LogP contribution is -2.74. The number of imide groups is 1. The van der Waals surface area contributed by atoms with Gasteiger partial charge in [-0.25, -0.2) is 14.5 Å². The van der Waals surface area contributed by atoms with Crippen LogP contribution in [0.15, 0.2) is 54.6 Å². The lowest BCUT2D eigenvalue weighted by Gasteiger charge is -2.43. The van der Waals surface area contributed by atoms with Crippen molar-refractivity contribution in [1.29, 1.82) is 5.41 Å². The Morgan fingerprint density at radius 1 is 1.10 bits per heavy atom. The first-order chi connectivity index (χ1) is 18.8. The zero-order valence-electron chi connectivity index (χ0n) is 21.2. The maximum Gasteiger partial charge on any atom is 0.360 e. The second kappa shape index (κ2) is 11.6. The number of aliphatic carboxylic acids is 2. The number of benzene rings is 2. The maximum absolute atomic E-state index is 13.6. The van der Waals surface area contributed by atoms with Crippen LogP contribution in [-0.4, -0.2) is 74.4 Å². The number of urea groups is 1. The highest BCUT2D eigenvalue weighted by molar-refractivity contribution is 6.23. The molecular formula is C25H27N7O8. The number of nitrogens with one attached hydrogen (secondary N) is 3. The largest absolute Gasteiger partial charge is 0.481 e. The van der Waals surface area contributed by atoms with Gasteiger partial charge >= 0.3 is 18.0 Å². The third-order valence-electron chi connectivity index (χ3n) is 6.07. The van der Waals surface area contributed by atoms with E-state index in [1.54, 1.807) is 24.3 Å². The molecule has 15 heteroatoms. The molecule has 0 aromatic heterocycles. The summed E-state index contributed by atoms with van der Waals surface area (Å²) in [6.07, 6.45) is -1.04. The normalized spacial score (nSPS) is 16.9. The fourth-order valence-electron chi connectivity index (χ4n) is 4.34. The van der Waals surface area contributed by atoms with E-state index in [0.29, 0.717) is 16.2 Å². The fourth-order valence-corrected chi connectivity index (χ4v) is 4.34. The van der Waals surface area contributed by atoms with Crippen molar-refractivity contribution in [3.8, 4) is 0 Å². The van der Waals surface area contributed by atoms with Crippen LogP contribution in [0.4, 0.5) is 16.2 Å². The molecule has 0 bridgehead atoms. The van der Waals surface area contributed by atoms with Crippen LogP contribution in [0.25, 0.3) is 0 Å². The van der Waals surface area contributed by atoms with Crippen molar-refractivity contribution in [3.05, 3.63) is 60.2 Å². The van der Waals surface area contributed by atoms with Crippen LogP contribution in [0.1, 0.15) is 18.9 Å². The number of anilines is 2. The summed E-state index contributed by atoms with van der Waals surface area (Å²) in [7, 11) is 0. The number of ketones is 1. The van der Waals surface area contributed by atoms with Crippen LogP contribution in [0, 0.1) is 5.41 Å². The van der Waals surface area contributed by atoms with Crippen molar-refractivity contribution in [2.75, 3.05) is 10.2 Å². The molecule has 0 radical (unpaired) electrons. The fraction of sp³-hybridized carbons (Fsp3) is 0.240. The SMILES string of the molecule is CC(=O)[C@](C(=O)O)(N1C(=O)N[C@@H](Cc2ccc(NC(=N)N)cc2)C1=O)N(C(=O)[C@@H](N)CC(=O)O)c1ccccc1. The van der Waals surface area contributed by atoms with Crippen LogP contribution in [-0.2, 0) is 30.4 Å². The van der Waals surface area contributed by atoms with Gasteiger partial charge in [0, 0.05) is 17.8 Å². The molecule has 4 amide bonds. The van der Waals surface area contributed by atoms with Crippen molar-refractivity contribution in [1.82, 2.24) is 10.2 Å². The molecule has 9 N–H and O–H groups in total. The molecule has 3 atom stereocenters. The van der Waals surface area contributed by atoms with Crippen molar-refractivity contribution in [2.24, 2.45) is 11.5 Å². The predicted octanol–water partition coefficient (Wildman–Crippen LogP) is -0.340. The number of nitrogens with zero attached hydrogens (tertiary/aromatic N) is 2. The Balaban J connectivity index is 2.09. The highest BCUT2D eigenvalue weighted by atomic mass is 16.4. The number of carboxylic acid groups (broad SMARTS) is 2. The summed E-state index contributed by atoms with van der Waals surface area (Å²) in [5.41, 5.74) is 8.64. The Kier molecular flexibility index (Phi) is 8.49. The highest BCUT2D eigenvalue weighted by Crippen LogP contribution is 2.33. The molecular weight excluding hydrogens is 526 g/mol. The molecule has 1 fully saturated rings. The molecule has 2 aromatic rings. The summed E-state index contributed by atoms with van der Waals surface area (Å²) < 4.78 is 0. The average molecular weight is 554 g/mol. The molecule has 0 unspecified atom stereocenters. The first-order valence-corrected chi connectivity index (χ1v) is 11.8. The van der Waals surface area contributed by atoms with Crippen LogP contribution in [0.2, 0.25) is 0 Å². The van der Waals surface area contributed by atoms with Gasteiger partial charge in [-0.1, -0.05) is 30.3 Å². The van der Waals surface area contributed by atoms with Gasteiger partial charge in [-0.2, -0.15) is 0 Å². The Labute approximate surface area is 227 Å². The quantitative estimate of drug-likeness (QED) is 0.0820. The van der Waals surface area contributed by atoms with Gasteiger partial charge in [-0.05, 0) is 36.8 Å². The number of carboxylic acids is 2. The van der Waals surface area contributed by atoms with E-state index in [1.165, 1.54) is 30.3 Å². The van der Waals surface area contributed by atoms with Crippen LogP contribution < -0.4 is 27.0 Å². The molecule has 40 heavy (non-hydrogen) atoms. The average Bonchev–Trinajstić information content (AvgIpc) is 3.15. The van der Waals surface area contributed by atoms with Gasteiger partial charge in [0.1, 0.15) is 6.04 Å². The second-order valence-corrected chi connectivity index (χ2v) is 8.86. The summed E-state index contributed by atoms with van der Waals surface area (Å²) in [6, 6.07) is 8.71. The smallest absolute Gasteiger partial charge is 0.360 e. The van der Waals surface area contributed by atoms with E-state index in [-0.39, 0.29) is 23.0 Å². The summed E-state index contributed by atoms with van der Waals surface area (Å²) >= 11 is 0. The molecule has 0 spiro atoms. The Morgan fingerprint density at radius 3 is 2.20 bits per heavy atom. The Bertz CT molecular complexity index is 1350. The van der Waals surface area contributed by atoms with Crippen LogP contribution in [0.5, 0.6) is 0 Å². The zero-order chi connectivity index (χ0) is 29.8. The Hall–Kier alpha value is -5.31. The summed E-state index contributed by atoms with van der Waals surface area (Å²) in [6.45, 7) is 0.786. The van der Waals surface area contributed by atoms with E-state index >= 15 is 0 Å². The molecule has 3 rings (SSSR count). The van der Waals surface area contributed by atoms with Crippen molar-refractivity contribution in [3.63, 3.8) is 0 Å². The molecule has 0 aliphatic carbocycles. The molecule has 1 aliphatic heterocycles. The number of Topliss-reactive ketones (excluding diaryl/α,β-unsaturated/α-hetero) is 1. The first kappa shape index (κ1) is 29.2. The number of guanidine groups is 1. The molecule has 0 saturated carbocycles. The maximum atomic E-state index is 13.6. The minimum atomic E-state index is -3.24. The third kappa shape index (κ3) is 5.58. The van der Waals surface area contributed by atoms with Gasteiger partial charge in [0.25, 0.3) is 11.6 Å². The van der Waals surface area contributed by atoms with Gasteiger partial charge in [0.2, 0.25) is 5.91 Å². The molecule has 1 aliphatic rings. The van der Waals surface area contributed by atoms with Crippen LogP contribution in [0.3, 0.4) is 0 Å². The molecule has 1 heterocycles. The summed E-state index contributed by atoms with van der Waals surface area (Å²) in [5.74, 6) is -7.53. The number of hydrogen-bond acceptors (Lipinski definition) is 8. The second-order valence-electron chi connectivity index (χ2n) is 8.86. The topological polar surface area (TPSA) is 249 Å². The van der Waals surface area contributed by atoms with E-state index in [2.05, 4.69) is 10.6 Å². The van der Waals surface area contributed by atoms with Gasteiger partial charge in [0.05, 0.1) is 12.5 Å². The Morgan fingerprint density at radius 2 is 1.70 bits per heavy atom. The minimum Gasteiger partial charge on any atom is -0.481 e. The van der Waals surface area contributed by atoms with E-state index in [1.807, 2.05) is 0 Å². The number of carbonyl (C=O) groups excluding carboxylic acids is 4. The molecule has 1 saturated heterocycles. The zero-order valence-corrected chi connectivity index (χ0v) is 21.2. The molecule has 210 valence electrons. The van der Waals surface area contributed by atoms with Crippen molar-refractivity contribution in [2.45, 2.75) is 37.5 Å². The molecule has 2 aromatic carbocycles. The summed E-state index contributed by atoms with van der Waals surface area (Å²) in [4.78, 5) is 78.2. The number of amides is 4. The summed E-state index contributed by atoms with van der Waals surface area (Å²) in [5, 5.41) is 31.8. The third-order valence-corrected chi connectivity index (χ3v) is 6.07.